The average Bonchev–Trinajstić information content (AvgIpc) is 2.43. The fourth-order valence-corrected chi connectivity index (χ4v) is 2.79. The molecule has 0 spiro atoms. The standard InChI is InChI=1S/C15H22N2O2.ClH/c1-11-9-17(12(2)8-16-11)10-13-4-3-5-14-15(13)19-7-6-18-14;/h3-5,11-12,16H,6-10H2,1-2H3;1H. The van der Waals surface area contributed by atoms with E-state index in [0.717, 1.165) is 31.1 Å². The molecule has 2 unspecified atom stereocenters. The Kier molecular flexibility index (Phi) is 5.13. The zero-order valence-corrected chi connectivity index (χ0v) is 12.9. The minimum absolute atomic E-state index is 0. The summed E-state index contributed by atoms with van der Waals surface area (Å²) in [6.45, 7) is 8.86. The summed E-state index contributed by atoms with van der Waals surface area (Å²) in [7, 11) is 0. The molecule has 2 heterocycles. The average molecular weight is 299 g/mol. The van der Waals surface area contributed by atoms with Gasteiger partial charge in [0, 0.05) is 37.3 Å². The fraction of sp³-hybridized carbons (Fsp3) is 0.600. The lowest BCUT2D eigenvalue weighted by Gasteiger charge is -2.38. The van der Waals surface area contributed by atoms with Gasteiger partial charge in [0.05, 0.1) is 0 Å². The Morgan fingerprint density at radius 1 is 1.25 bits per heavy atom. The molecule has 0 aliphatic carbocycles. The Bertz CT molecular complexity index is 455. The van der Waals surface area contributed by atoms with Crippen LogP contribution < -0.4 is 14.8 Å². The molecule has 0 aromatic heterocycles. The Labute approximate surface area is 126 Å². The third-order valence-corrected chi connectivity index (χ3v) is 3.91. The van der Waals surface area contributed by atoms with Gasteiger partial charge < -0.3 is 14.8 Å². The van der Waals surface area contributed by atoms with Gasteiger partial charge in [-0.1, -0.05) is 12.1 Å². The molecule has 0 radical (unpaired) electrons. The van der Waals surface area contributed by atoms with E-state index in [9.17, 15) is 0 Å². The molecular formula is C15H23ClN2O2. The summed E-state index contributed by atoms with van der Waals surface area (Å²) in [5.41, 5.74) is 1.23. The lowest BCUT2D eigenvalue weighted by molar-refractivity contribution is 0.131. The van der Waals surface area contributed by atoms with Crippen LogP contribution in [-0.4, -0.2) is 43.3 Å². The molecular weight excluding hydrogens is 276 g/mol. The van der Waals surface area contributed by atoms with E-state index >= 15 is 0 Å². The molecule has 0 saturated carbocycles. The predicted octanol–water partition coefficient (Wildman–Crippen LogP) is 2.06. The Balaban J connectivity index is 0.00000147. The van der Waals surface area contributed by atoms with Crippen molar-refractivity contribution in [2.24, 2.45) is 0 Å². The summed E-state index contributed by atoms with van der Waals surface area (Å²) in [5.74, 6) is 1.83. The van der Waals surface area contributed by atoms with E-state index in [0.29, 0.717) is 25.3 Å². The number of hydrogen-bond acceptors (Lipinski definition) is 4. The Morgan fingerprint density at radius 3 is 2.90 bits per heavy atom. The number of halogens is 1. The van der Waals surface area contributed by atoms with Crippen LogP contribution in [0, 0.1) is 0 Å². The molecule has 4 nitrogen and oxygen atoms in total. The lowest BCUT2D eigenvalue weighted by Crippen LogP contribution is -2.53. The molecule has 20 heavy (non-hydrogen) atoms. The molecule has 0 amide bonds. The van der Waals surface area contributed by atoms with Gasteiger partial charge in [0.25, 0.3) is 0 Å². The highest BCUT2D eigenvalue weighted by molar-refractivity contribution is 5.85. The van der Waals surface area contributed by atoms with Crippen LogP contribution in [0.1, 0.15) is 19.4 Å². The number of hydrogen-bond donors (Lipinski definition) is 1. The quantitative estimate of drug-likeness (QED) is 0.906. The van der Waals surface area contributed by atoms with E-state index in [1.807, 2.05) is 6.07 Å². The van der Waals surface area contributed by atoms with Crippen molar-refractivity contribution in [2.75, 3.05) is 26.3 Å². The molecule has 0 bridgehead atoms. The number of rotatable bonds is 2. The van der Waals surface area contributed by atoms with Crippen molar-refractivity contribution in [1.29, 1.82) is 0 Å². The number of nitrogens with one attached hydrogen (secondary N) is 1. The van der Waals surface area contributed by atoms with Gasteiger partial charge in [-0.25, -0.2) is 0 Å². The molecule has 1 aromatic rings. The van der Waals surface area contributed by atoms with Gasteiger partial charge in [0.2, 0.25) is 0 Å². The van der Waals surface area contributed by atoms with Gasteiger partial charge >= 0.3 is 0 Å². The van der Waals surface area contributed by atoms with E-state index < -0.39 is 0 Å². The van der Waals surface area contributed by atoms with Gasteiger partial charge in [0.15, 0.2) is 11.5 Å². The summed E-state index contributed by atoms with van der Waals surface area (Å²) < 4.78 is 11.4. The maximum Gasteiger partial charge on any atom is 0.165 e. The number of piperazine rings is 1. The summed E-state index contributed by atoms with van der Waals surface area (Å²) in [4.78, 5) is 2.51. The van der Waals surface area contributed by atoms with Crippen LogP contribution in [0.5, 0.6) is 11.5 Å². The SMILES string of the molecule is CC1CN(Cc2cccc3c2OCCO3)C(C)CN1.Cl. The van der Waals surface area contributed by atoms with Gasteiger partial charge in [-0.3, -0.25) is 4.90 Å². The van der Waals surface area contributed by atoms with Gasteiger partial charge in [-0.05, 0) is 19.9 Å². The first-order chi connectivity index (χ1) is 9.24. The molecule has 2 aliphatic heterocycles. The van der Waals surface area contributed by atoms with Crippen LogP contribution in [0.2, 0.25) is 0 Å². The molecule has 2 aliphatic rings. The van der Waals surface area contributed by atoms with Crippen LogP contribution in [0.25, 0.3) is 0 Å². The van der Waals surface area contributed by atoms with E-state index in [-0.39, 0.29) is 12.4 Å². The molecule has 2 atom stereocenters. The summed E-state index contributed by atoms with van der Waals surface area (Å²) in [6, 6.07) is 7.29. The van der Waals surface area contributed by atoms with Crippen molar-refractivity contribution >= 4 is 12.4 Å². The van der Waals surface area contributed by atoms with Crippen molar-refractivity contribution in [2.45, 2.75) is 32.5 Å². The topological polar surface area (TPSA) is 33.7 Å². The molecule has 5 heteroatoms. The summed E-state index contributed by atoms with van der Waals surface area (Å²) >= 11 is 0. The minimum Gasteiger partial charge on any atom is -0.486 e. The molecule has 3 rings (SSSR count). The Hall–Kier alpha value is -0.970. The first-order valence-electron chi connectivity index (χ1n) is 7.09. The molecule has 1 fully saturated rings. The molecule has 1 aromatic carbocycles. The summed E-state index contributed by atoms with van der Waals surface area (Å²) in [6.07, 6.45) is 0. The van der Waals surface area contributed by atoms with Crippen LogP contribution in [0.15, 0.2) is 18.2 Å². The van der Waals surface area contributed by atoms with Gasteiger partial charge in [0.1, 0.15) is 13.2 Å². The van der Waals surface area contributed by atoms with Crippen molar-refractivity contribution in [3.63, 3.8) is 0 Å². The van der Waals surface area contributed by atoms with Crippen molar-refractivity contribution in [1.82, 2.24) is 10.2 Å². The number of benzene rings is 1. The minimum atomic E-state index is 0. The van der Waals surface area contributed by atoms with Gasteiger partial charge in [-0.15, -0.1) is 12.4 Å². The Morgan fingerprint density at radius 2 is 2.05 bits per heavy atom. The smallest absolute Gasteiger partial charge is 0.165 e. The third-order valence-electron chi connectivity index (χ3n) is 3.91. The van der Waals surface area contributed by atoms with Crippen molar-refractivity contribution < 1.29 is 9.47 Å². The monoisotopic (exact) mass is 298 g/mol. The van der Waals surface area contributed by atoms with E-state index in [1.165, 1.54) is 5.56 Å². The van der Waals surface area contributed by atoms with E-state index in [2.05, 4.69) is 36.2 Å². The predicted molar refractivity (Wildman–Crippen MR) is 82.0 cm³/mol. The molecule has 1 N–H and O–H groups in total. The first kappa shape index (κ1) is 15.4. The molecule has 112 valence electrons. The second kappa shape index (κ2) is 6.66. The number of nitrogens with zero attached hydrogens (tertiary/aromatic N) is 1. The third kappa shape index (κ3) is 3.19. The van der Waals surface area contributed by atoms with Crippen LogP contribution in [0.3, 0.4) is 0 Å². The number of para-hydroxylation sites is 1. The highest BCUT2D eigenvalue weighted by Crippen LogP contribution is 2.34. The van der Waals surface area contributed by atoms with Crippen molar-refractivity contribution in [3.05, 3.63) is 23.8 Å². The largest absolute Gasteiger partial charge is 0.486 e. The maximum absolute atomic E-state index is 5.79. The second-order valence-electron chi connectivity index (χ2n) is 5.53. The first-order valence-corrected chi connectivity index (χ1v) is 7.09. The van der Waals surface area contributed by atoms with E-state index in [1.54, 1.807) is 0 Å². The highest BCUT2D eigenvalue weighted by atomic mass is 35.5. The normalized spacial score (nSPS) is 25.9. The van der Waals surface area contributed by atoms with Crippen LogP contribution in [-0.2, 0) is 6.54 Å². The number of ether oxygens (including phenoxy) is 2. The fourth-order valence-electron chi connectivity index (χ4n) is 2.79. The second-order valence-corrected chi connectivity index (χ2v) is 5.53. The maximum atomic E-state index is 5.79. The summed E-state index contributed by atoms with van der Waals surface area (Å²) in [5, 5.41) is 3.51. The highest BCUT2D eigenvalue weighted by Gasteiger charge is 2.24. The lowest BCUT2D eigenvalue weighted by atomic mass is 10.1. The van der Waals surface area contributed by atoms with Crippen LogP contribution >= 0.6 is 12.4 Å². The van der Waals surface area contributed by atoms with E-state index in [4.69, 9.17) is 9.47 Å². The van der Waals surface area contributed by atoms with Gasteiger partial charge in [-0.2, -0.15) is 0 Å². The van der Waals surface area contributed by atoms with Crippen LogP contribution in [0.4, 0.5) is 0 Å². The molecule has 1 saturated heterocycles. The van der Waals surface area contributed by atoms with Crippen molar-refractivity contribution in [3.8, 4) is 11.5 Å². The number of fused-ring (bicyclic) bond motifs is 1. The zero-order chi connectivity index (χ0) is 13.2. The zero-order valence-electron chi connectivity index (χ0n) is 12.1.